The van der Waals surface area contributed by atoms with Gasteiger partial charge in [-0.1, -0.05) is 42.5 Å². The smallest absolute Gasteiger partial charge is 0.0316 e. The lowest BCUT2D eigenvalue weighted by Gasteiger charge is -2.29. The van der Waals surface area contributed by atoms with Crippen molar-refractivity contribution in [1.82, 2.24) is 4.90 Å². The molecule has 2 N–H and O–H groups in total. The first-order valence-electron chi connectivity index (χ1n) is 7.85. The molecule has 0 fully saturated rings. The quantitative estimate of drug-likeness (QED) is 0.723. The third kappa shape index (κ3) is 2.58. The lowest BCUT2D eigenvalue weighted by atomic mass is 9.98. The molecule has 1 heterocycles. The third-order valence-corrected chi connectivity index (χ3v) is 4.54. The van der Waals surface area contributed by atoms with Crippen LogP contribution in [0.25, 0.3) is 10.8 Å². The second kappa shape index (κ2) is 5.47. The maximum atomic E-state index is 5.88. The molecule has 0 amide bonds. The first-order chi connectivity index (χ1) is 10.8. The fourth-order valence-corrected chi connectivity index (χ4v) is 3.36. The van der Waals surface area contributed by atoms with Crippen LogP contribution in [0, 0.1) is 0 Å². The van der Waals surface area contributed by atoms with Gasteiger partial charge in [0, 0.05) is 25.3 Å². The van der Waals surface area contributed by atoms with Crippen LogP contribution in [0.3, 0.4) is 0 Å². The summed E-state index contributed by atoms with van der Waals surface area (Å²) in [5.74, 6) is 0. The Bertz CT molecular complexity index is 823. The van der Waals surface area contributed by atoms with Crippen LogP contribution in [-0.2, 0) is 19.5 Å². The number of benzene rings is 3. The molecular weight excluding hydrogens is 268 g/mol. The fourth-order valence-electron chi connectivity index (χ4n) is 3.36. The summed E-state index contributed by atoms with van der Waals surface area (Å²) in [5, 5.41) is 2.64. The maximum Gasteiger partial charge on any atom is 0.0316 e. The summed E-state index contributed by atoms with van der Waals surface area (Å²) < 4.78 is 0. The monoisotopic (exact) mass is 288 g/mol. The second-order valence-corrected chi connectivity index (χ2v) is 6.17. The van der Waals surface area contributed by atoms with Crippen molar-refractivity contribution in [3.05, 3.63) is 77.4 Å². The van der Waals surface area contributed by atoms with E-state index in [1.54, 1.807) is 0 Å². The number of nitrogen functional groups attached to an aromatic ring is 1. The van der Waals surface area contributed by atoms with Gasteiger partial charge in [0.1, 0.15) is 0 Å². The van der Waals surface area contributed by atoms with Gasteiger partial charge in [-0.15, -0.1) is 0 Å². The van der Waals surface area contributed by atoms with Crippen molar-refractivity contribution in [2.24, 2.45) is 0 Å². The molecule has 110 valence electrons. The van der Waals surface area contributed by atoms with E-state index >= 15 is 0 Å². The Balaban J connectivity index is 1.54. The second-order valence-electron chi connectivity index (χ2n) is 6.17. The third-order valence-electron chi connectivity index (χ3n) is 4.54. The van der Waals surface area contributed by atoms with Crippen LogP contribution in [0.4, 0.5) is 5.69 Å². The van der Waals surface area contributed by atoms with Crippen LogP contribution in [0.2, 0.25) is 0 Å². The van der Waals surface area contributed by atoms with Crippen molar-refractivity contribution in [2.45, 2.75) is 19.5 Å². The zero-order valence-corrected chi connectivity index (χ0v) is 12.6. The van der Waals surface area contributed by atoms with Crippen molar-refractivity contribution in [2.75, 3.05) is 12.3 Å². The molecule has 0 saturated heterocycles. The molecule has 0 unspecified atom stereocenters. The Morgan fingerprint density at radius 1 is 0.864 bits per heavy atom. The summed E-state index contributed by atoms with van der Waals surface area (Å²) in [6.45, 7) is 3.13. The summed E-state index contributed by atoms with van der Waals surface area (Å²) in [5.41, 5.74) is 11.0. The van der Waals surface area contributed by atoms with Gasteiger partial charge in [-0.05, 0) is 52.1 Å². The molecule has 2 heteroatoms. The number of nitrogens with zero attached hydrogens (tertiary/aromatic N) is 1. The average molecular weight is 288 g/mol. The van der Waals surface area contributed by atoms with Gasteiger partial charge >= 0.3 is 0 Å². The molecule has 0 bridgehead atoms. The van der Waals surface area contributed by atoms with Crippen molar-refractivity contribution < 1.29 is 0 Å². The molecule has 4 rings (SSSR count). The minimum absolute atomic E-state index is 0.877. The van der Waals surface area contributed by atoms with E-state index in [1.807, 2.05) is 6.07 Å². The molecule has 0 aromatic heterocycles. The Hall–Kier alpha value is -2.32. The van der Waals surface area contributed by atoms with E-state index < -0.39 is 0 Å². The summed E-state index contributed by atoms with van der Waals surface area (Å²) >= 11 is 0. The minimum atomic E-state index is 0.877. The van der Waals surface area contributed by atoms with Gasteiger partial charge < -0.3 is 5.73 Å². The molecule has 22 heavy (non-hydrogen) atoms. The van der Waals surface area contributed by atoms with E-state index in [1.165, 1.54) is 27.5 Å². The molecule has 0 radical (unpaired) electrons. The summed E-state index contributed by atoms with van der Waals surface area (Å²) in [6.07, 6.45) is 1.09. The predicted octanol–water partition coefficient (Wildman–Crippen LogP) is 3.98. The Labute approximate surface area is 131 Å². The van der Waals surface area contributed by atoms with E-state index in [0.717, 1.165) is 31.7 Å². The van der Waals surface area contributed by atoms with E-state index in [9.17, 15) is 0 Å². The normalized spacial score (nSPS) is 14.9. The number of hydrogen-bond donors (Lipinski definition) is 1. The van der Waals surface area contributed by atoms with Gasteiger partial charge in [0.25, 0.3) is 0 Å². The van der Waals surface area contributed by atoms with Gasteiger partial charge in [-0.3, -0.25) is 4.90 Å². The summed E-state index contributed by atoms with van der Waals surface area (Å²) in [7, 11) is 0. The van der Waals surface area contributed by atoms with E-state index in [0.29, 0.717) is 0 Å². The molecule has 0 atom stereocenters. The van der Waals surface area contributed by atoms with Crippen molar-refractivity contribution in [3.8, 4) is 0 Å². The highest BCUT2D eigenvalue weighted by Gasteiger charge is 2.16. The molecule has 0 aliphatic carbocycles. The number of nitrogens with two attached hydrogens (primary N) is 1. The van der Waals surface area contributed by atoms with Gasteiger partial charge in [0.15, 0.2) is 0 Å². The number of anilines is 1. The van der Waals surface area contributed by atoms with Crippen LogP contribution in [0.5, 0.6) is 0 Å². The van der Waals surface area contributed by atoms with Crippen LogP contribution in [0.1, 0.15) is 16.7 Å². The van der Waals surface area contributed by atoms with Gasteiger partial charge in [0.2, 0.25) is 0 Å². The molecular formula is C20H20N2. The first kappa shape index (κ1) is 13.4. The highest BCUT2D eigenvalue weighted by molar-refractivity contribution is 5.82. The highest BCUT2D eigenvalue weighted by atomic mass is 15.1. The largest absolute Gasteiger partial charge is 0.399 e. The molecule has 1 aliphatic heterocycles. The molecule has 3 aromatic carbocycles. The molecule has 2 nitrogen and oxygen atoms in total. The van der Waals surface area contributed by atoms with E-state index in [-0.39, 0.29) is 0 Å². The van der Waals surface area contributed by atoms with Crippen LogP contribution >= 0.6 is 0 Å². The van der Waals surface area contributed by atoms with E-state index in [2.05, 4.69) is 59.5 Å². The number of hydrogen-bond acceptors (Lipinski definition) is 2. The number of fused-ring (bicyclic) bond motifs is 2. The molecule has 0 saturated carbocycles. The zero-order chi connectivity index (χ0) is 14.9. The molecule has 1 aliphatic rings. The van der Waals surface area contributed by atoms with Gasteiger partial charge in [-0.25, -0.2) is 0 Å². The topological polar surface area (TPSA) is 29.3 Å². The van der Waals surface area contributed by atoms with Crippen molar-refractivity contribution in [3.63, 3.8) is 0 Å². The molecule has 3 aromatic rings. The molecule has 0 spiro atoms. The van der Waals surface area contributed by atoms with Crippen LogP contribution in [-0.4, -0.2) is 11.4 Å². The Kier molecular flexibility index (Phi) is 3.32. The SMILES string of the molecule is Nc1ccc2c(c1)CCN(Cc1ccc3ccccc3c1)C2. The minimum Gasteiger partial charge on any atom is -0.399 e. The Morgan fingerprint density at radius 3 is 2.64 bits per heavy atom. The van der Waals surface area contributed by atoms with Crippen LogP contribution < -0.4 is 5.73 Å². The maximum absolute atomic E-state index is 5.88. The zero-order valence-electron chi connectivity index (χ0n) is 12.6. The van der Waals surface area contributed by atoms with Crippen molar-refractivity contribution in [1.29, 1.82) is 0 Å². The standard InChI is InChI=1S/C20H20N2/c21-20-8-7-19-14-22(10-9-18(19)12-20)13-15-5-6-16-3-1-2-4-17(16)11-15/h1-8,11-12H,9-10,13-14,21H2. The summed E-state index contributed by atoms with van der Waals surface area (Å²) in [4.78, 5) is 2.52. The van der Waals surface area contributed by atoms with E-state index in [4.69, 9.17) is 5.73 Å². The lowest BCUT2D eigenvalue weighted by Crippen LogP contribution is -2.30. The first-order valence-corrected chi connectivity index (χ1v) is 7.85. The fraction of sp³-hybridized carbons (Fsp3) is 0.200. The average Bonchev–Trinajstić information content (AvgIpc) is 2.55. The van der Waals surface area contributed by atoms with Crippen LogP contribution in [0.15, 0.2) is 60.7 Å². The van der Waals surface area contributed by atoms with Gasteiger partial charge in [0.05, 0.1) is 0 Å². The van der Waals surface area contributed by atoms with Crippen molar-refractivity contribution >= 4 is 16.5 Å². The Morgan fingerprint density at radius 2 is 1.73 bits per heavy atom. The number of rotatable bonds is 2. The lowest BCUT2D eigenvalue weighted by molar-refractivity contribution is 0.246. The highest BCUT2D eigenvalue weighted by Crippen LogP contribution is 2.23. The van der Waals surface area contributed by atoms with Gasteiger partial charge in [-0.2, -0.15) is 0 Å². The summed E-state index contributed by atoms with van der Waals surface area (Å²) in [6, 6.07) is 21.7. The predicted molar refractivity (Wildman–Crippen MR) is 92.6 cm³/mol.